The second-order valence-electron chi connectivity index (χ2n) is 6.63. The monoisotopic (exact) mass is 301 g/mol. The predicted octanol–water partition coefficient (Wildman–Crippen LogP) is 3.78. The number of piperidine rings is 1. The molecular weight excluding hydrogens is 279 g/mol. The number of pyridine rings is 1. The minimum absolute atomic E-state index is 0.0389. The highest BCUT2D eigenvalue weighted by Gasteiger charge is 2.46. The predicted molar refractivity (Wildman–Crippen MR) is 76.6 cm³/mol. The van der Waals surface area contributed by atoms with Crippen LogP contribution in [0, 0.1) is 5.92 Å². The SMILES string of the molecule is CC(C)(C)N1CC[C@@H](C(F)(F)F)C[C@H]1c1cccc(N)n1. The molecule has 0 amide bonds. The number of anilines is 1. The highest BCUT2D eigenvalue weighted by atomic mass is 19.4. The van der Waals surface area contributed by atoms with E-state index in [-0.39, 0.29) is 24.4 Å². The second kappa shape index (κ2) is 5.48. The number of hydrogen-bond donors (Lipinski definition) is 1. The lowest BCUT2D eigenvalue weighted by Gasteiger charge is -2.46. The standard InChI is InChI=1S/C15H22F3N3/c1-14(2,3)21-8-7-10(15(16,17)18)9-12(21)11-5-4-6-13(19)20-11/h4-6,10,12H,7-9H2,1-3H3,(H2,19,20)/t10-,12+/m1/s1. The normalized spacial score (nSPS) is 25.0. The molecule has 118 valence electrons. The number of likely N-dealkylation sites (tertiary alicyclic amines) is 1. The quantitative estimate of drug-likeness (QED) is 0.858. The lowest BCUT2D eigenvalue weighted by Crippen LogP contribution is -2.50. The molecule has 6 heteroatoms. The van der Waals surface area contributed by atoms with Gasteiger partial charge in [-0.1, -0.05) is 6.07 Å². The maximum absolute atomic E-state index is 13.1. The van der Waals surface area contributed by atoms with Crippen LogP contribution in [0.2, 0.25) is 0 Å². The average molecular weight is 301 g/mol. The Hall–Kier alpha value is -1.30. The fraction of sp³-hybridized carbons (Fsp3) is 0.667. The van der Waals surface area contributed by atoms with E-state index < -0.39 is 12.1 Å². The Labute approximate surface area is 123 Å². The van der Waals surface area contributed by atoms with E-state index in [2.05, 4.69) is 9.88 Å². The van der Waals surface area contributed by atoms with Gasteiger partial charge in [-0.2, -0.15) is 13.2 Å². The molecule has 21 heavy (non-hydrogen) atoms. The van der Waals surface area contributed by atoms with Crippen molar-refractivity contribution in [3.63, 3.8) is 0 Å². The molecule has 0 spiro atoms. The zero-order chi connectivity index (χ0) is 15.8. The average Bonchev–Trinajstić information content (AvgIpc) is 2.36. The van der Waals surface area contributed by atoms with E-state index in [1.54, 1.807) is 18.2 Å². The summed E-state index contributed by atoms with van der Waals surface area (Å²) in [5.74, 6) is -0.931. The van der Waals surface area contributed by atoms with Crippen LogP contribution in [0.25, 0.3) is 0 Å². The van der Waals surface area contributed by atoms with Crippen LogP contribution >= 0.6 is 0 Å². The van der Waals surface area contributed by atoms with Crippen molar-refractivity contribution in [2.24, 2.45) is 5.92 Å². The van der Waals surface area contributed by atoms with Crippen LogP contribution in [0.1, 0.15) is 45.3 Å². The minimum atomic E-state index is -4.15. The van der Waals surface area contributed by atoms with Gasteiger partial charge < -0.3 is 5.73 Å². The van der Waals surface area contributed by atoms with E-state index in [0.29, 0.717) is 18.1 Å². The third-order valence-corrected chi connectivity index (χ3v) is 4.06. The number of nitrogen functional groups attached to an aromatic ring is 1. The molecule has 0 unspecified atom stereocenters. The summed E-state index contributed by atoms with van der Waals surface area (Å²) in [6, 6.07) is 4.80. The molecule has 1 aliphatic heterocycles. The van der Waals surface area contributed by atoms with Gasteiger partial charge in [-0.25, -0.2) is 4.98 Å². The van der Waals surface area contributed by atoms with Gasteiger partial charge in [0.05, 0.1) is 17.7 Å². The van der Waals surface area contributed by atoms with E-state index in [1.807, 2.05) is 20.8 Å². The van der Waals surface area contributed by atoms with Crippen molar-refractivity contribution in [2.75, 3.05) is 12.3 Å². The van der Waals surface area contributed by atoms with Gasteiger partial charge in [-0.3, -0.25) is 4.90 Å². The first-order valence-electron chi connectivity index (χ1n) is 7.15. The third-order valence-electron chi connectivity index (χ3n) is 4.06. The van der Waals surface area contributed by atoms with Crippen LogP contribution in [0.4, 0.5) is 19.0 Å². The number of nitrogens with zero attached hydrogens (tertiary/aromatic N) is 2. The van der Waals surface area contributed by atoms with Crippen LogP contribution in [0.5, 0.6) is 0 Å². The van der Waals surface area contributed by atoms with Crippen molar-refractivity contribution < 1.29 is 13.2 Å². The zero-order valence-electron chi connectivity index (χ0n) is 12.6. The maximum Gasteiger partial charge on any atom is 0.391 e. The summed E-state index contributed by atoms with van der Waals surface area (Å²) in [4.78, 5) is 6.34. The fourth-order valence-electron chi connectivity index (χ4n) is 3.00. The fourth-order valence-corrected chi connectivity index (χ4v) is 3.00. The molecule has 0 aliphatic carbocycles. The Balaban J connectivity index is 2.33. The molecule has 2 atom stereocenters. The Morgan fingerprint density at radius 3 is 2.43 bits per heavy atom. The molecule has 1 aromatic rings. The molecule has 1 aromatic heterocycles. The molecule has 0 bridgehead atoms. The summed E-state index contributed by atoms with van der Waals surface area (Å²) < 4.78 is 39.2. The van der Waals surface area contributed by atoms with Crippen molar-refractivity contribution in [3.8, 4) is 0 Å². The largest absolute Gasteiger partial charge is 0.391 e. The van der Waals surface area contributed by atoms with E-state index in [0.717, 1.165) is 0 Å². The lowest BCUT2D eigenvalue weighted by molar-refractivity contribution is -0.194. The highest BCUT2D eigenvalue weighted by Crippen LogP contribution is 2.44. The summed E-state index contributed by atoms with van der Waals surface area (Å²) in [5, 5.41) is 0. The molecule has 3 nitrogen and oxygen atoms in total. The van der Waals surface area contributed by atoms with Crippen molar-refractivity contribution in [3.05, 3.63) is 23.9 Å². The third kappa shape index (κ3) is 3.67. The van der Waals surface area contributed by atoms with Gasteiger partial charge in [0.25, 0.3) is 0 Å². The number of halogens is 3. The number of alkyl halides is 3. The smallest absolute Gasteiger partial charge is 0.384 e. The molecule has 1 saturated heterocycles. The Bertz CT molecular complexity index is 494. The molecular formula is C15H22F3N3. The van der Waals surface area contributed by atoms with Crippen LogP contribution in [0.15, 0.2) is 18.2 Å². The second-order valence-corrected chi connectivity index (χ2v) is 6.63. The molecule has 2 rings (SSSR count). The molecule has 0 aromatic carbocycles. The summed E-state index contributed by atoms with van der Waals surface area (Å²) in [6.07, 6.45) is -3.97. The molecule has 0 saturated carbocycles. The topological polar surface area (TPSA) is 42.1 Å². The molecule has 0 radical (unpaired) electrons. The van der Waals surface area contributed by atoms with Crippen molar-refractivity contribution in [1.29, 1.82) is 0 Å². The number of rotatable bonds is 1. The van der Waals surface area contributed by atoms with Crippen LogP contribution in [0.3, 0.4) is 0 Å². The minimum Gasteiger partial charge on any atom is -0.384 e. The van der Waals surface area contributed by atoms with Crippen molar-refractivity contribution in [2.45, 2.75) is 51.4 Å². The molecule has 1 aliphatic rings. The van der Waals surface area contributed by atoms with E-state index in [4.69, 9.17) is 5.73 Å². The number of aromatic nitrogens is 1. The van der Waals surface area contributed by atoms with E-state index in [9.17, 15) is 13.2 Å². The number of hydrogen-bond acceptors (Lipinski definition) is 3. The van der Waals surface area contributed by atoms with Crippen molar-refractivity contribution >= 4 is 5.82 Å². The van der Waals surface area contributed by atoms with Crippen LogP contribution < -0.4 is 5.73 Å². The van der Waals surface area contributed by atoms with Gasteiger partial charge in [-0.15, -0.1) is 0 Å². The number of nitrogens with two attached hydrogens (primary N) is 1. The van der Waals surface area contributed by atoms with Crippen LogP contribution in [-0.4, -0.2) is 28.1 Å². The lowest BCUT2D eigenvalue weighted by atomic mass is 9.85. The maximum atomic E-state index is 13.1. The van der Waals surface area contributed by atoms with Gasteiger partial charge in [0.1, 0.15) is 5.82 Å². The first-order chi connectivity index (χ1) is 9.59. The van der Waals surface area contributed by atoms with Gasteiger partial charge in [0.2, 0.25) is 0 Å². The van der Waals surface area contributed by atoms with Crippen molar-refractivity contribution in [1.82, 2.24) is 9.88 Å². The van der Waals surface area contributed by atoms with Gasteiger partial charge in [0.15, 0.2) is 0 Å². The highest BCUT2D eigenvalue weighted by molar-refractivity contribution is 5.30. The summed E-state index contributed by atoms with van der Waals surface area (Å²) in [7, 11) is 0. The van der Waals surface area contributed by atoms with Gasteiger partial charge in [0, 0.05) is 5.54 Å². The van der Waals surface area contributed by atoms with E-state index >= 15 is 0 Å². The summed E-state index contributed by atoms with van der Waals surface area (Å²) in [6.45, 7) is 6.45. The van der Waals surface area contributed by atoms with Gasteiger partial charge >= 0.3 is 6.18 Å². The first-order valence-corrected chi connectivity index (χ1v) is 7.15. The molecule has 1 fully saturated rings. The van der Waals surface area contributed by atoms with E-state index in [1.165, 1.54) is 0 Å². The summed E-state index contributed by atoms with van der Waals surface area (Å²) in [5.41, 5.74) is 6.10. The first kappa shape index (κ1) is 16.1. The Kier molecular flexibility index (Phi) is 4.19. The Morgan fingerprint density at radius 2 is 1.90 bits per heavy atom. The molecule has 2 heterocycles. The van der Waals surface area contributed by atoms with Gasteiger partial charge in [-0.05, 0) is 52.3 Å². The molecule has 2 N–H and O–H groups in total. The zero-order valence-corrected chi connectivity index (χ0v) is 12.6. The summed E-state index contributed by atoms with van der Waals surface area (Å²) >= 11 is 0. The Morgan fingerprint density at radius 1 is 1.24 bits per heavy atom. The van der Waals surface area contributed by atoms with Crippen LogP contribution in [-0.2, 0) is 0 Å².